The zero-order chi connectivity index (χ0) is 15.9. The molecular formula is C15H19ClN4O2. The molecule has 2 aliphatic rings. The van der Waals surface area contributed by atoms with Crippen LogP contribution in [0.3, 0.4) is 0 Å². The molecule has 6 nitrogen and oxygen atoms in total. The Hall–Kier alpha value is -1.82. The van der Waals surface area contributed by atoms with E-state index in [-0.39, 0.29) is 6.09 Å². The second kappa shape index (κ2) is 5.43. The number of ether oxygens (including phenoxy) is 1. The van der Waals surface area contributed by atoms with Crippen molar-refractivity contribution >= 4 is 23.6 Å². The number of amides is 1. The first-order valence-electron chi connectivity index (χ1n) is 7.22. The van der Waals surface area contributed by atoms with E-state index in [1.54, 1.807) is 17.3 Å². The number of aromatic nitrogens is 2. The molecule has 0 fully saturated rings. The van der Waals surface area contributed by atoms with Crippen LogP contribution in [-0.4, -0.2) is 52.7 Å². The summed E-state index contributed by atoms with van der Waals surface area (Å²) in [4.78, 5) is 24.4. The van der Waals surface area contributed by atoms with Crippen LogP contribution in [0.4, 0.5) is 10.7 Å². The van der Waals surface area contributed by atoms with Crippen molar-refractivity contribution in [2.24, 2.45) is 0 Å². The van der Waals surface area contributed by atoms with Crippen LogP contribution in [0.15, 0.2) is 23.5 Å². The summed E-state index contributed by atoms with van der Waals surface area (Å²) in [5, 5.41) is 0.527. The van der Waals surface area contributed by atoms with Gasteiger partial charge in [-0.2, -0.15) is 0 Å². The van der Waals surface area contributed by atoms with Crippen molar-refractivity contribution in [2.45, 2.75) is 26.4 Å². The van der Waals surface area contributed by atoms with Gasteiger partial charge in [-0.15, -0.1) is 0 Å². The highest BCUT2D eigenvalue weighted by molar-refractivity contribution is 6.30. The fourth-order valence-corrected chi connectivity index (χ4v) is 2.74. The maximum absolute atomic E-state index is 12.1. The van der Waals surface area contributed by atoms with E-state index in [0.717, 1.165) is 13.1 Å². The molecule has 2 aliphatic heterocycles. The molecule has 0 bridgehead atoms. The molecule has 118 valence electrons. The summed E-state index contributed by atoms with van der Waals surface area (Å²) in [5.41, 5.74) is 2.04. The van der Waals surface area contributed by atoms with Crippen LogP contribution < -0.4 is 4.90 Å². The van der Waals surface area contributed by atoms with Gasteiger partial charge < -0.3 is 14.5 Å². The summed E-state index contributed by atoms with van der Waals surface area (Å²) in [7, 11) is 0. The minimum Gasteiger partial charge on any atom is -0.444 e. The summed E-state index contributed by atoms with van der Waals surface area (Å²) in [6, 6.07) is 0. The average molecular weight is 323 g/mol. The van der Waals surface area contributed by atoms with E-state index in [1.165, 1.54) is 11.1 Å². The molecule has 0 saturated heterocycles. The molecular weight excluding hydrogens is 304 g/mol. The Kier molecular flexibility index (Phi) is 3.72. The molecule has 0 atom stereocenters. The lowest BCUT2D eigenvalue weighted by molar-refractivity contribution is 0.0297. The van der Waals surface area contributed by atoms with E-state index in [1.807, 2.05) is 20.8 Å². The Bertz CT molecular complexity index is 603. The largest absolute Gasteiger partial charge is 0.444 e. The standard InChI is InChI=1S/C15H19ClN4O2/c1-15(2,3)22-14(21)20-8-10-6-19(7-11(10)9-20)13-17-4-12(16)5-18-13/h4-5H,6-9H2,1-3H3. The van der Waals surface area contributed by atoms with E-state index in [9.17, 15) is 4.79 Å². The summed E-state index contributed by atoms with van der Waals surface area (Å²) in [6.45, 7) is 8.36. The van der Waals surface area contributed by atoms with E-state index in [0.29, 0.717) is 24.1 Å². The number of carbonyl (C=O) groups excluding carboxylic acids is 1. The van der Waals surface area contributed by atoms with Crippen LogP contribution in [0.5, 0.6) is 0 Å². The van der Waals surface area contributed by atoms with Gasteiger partial charge in [0.25, 0.3) is 0 Å². The van der Waals surface area contributed by atoms with Gasteiger partial charge in [0.1, 0.15) is 5.60 Å². The summed E-state index contributed by atoms with van der Waals surface area (Å²) < 4.78 is 5.42. The number of nitrogens with zero attached hydrogens (tertiary/aromatic N) is 4. The minimum absolute atomic E-state index is 0.254. The second-order valence-corrected chi connectivity index (χ2v) is 7.04. The average Bonchev–Trinajstić information content (AvgIpc) is 2.95. The molecule has 7 heteroatoms. The van der Waals surface area contributed by atoms with Gasteiger partial charge in [-0.05, 0) is 31.9 Å². The van der Waals surface area contributed by atoms with Crippen molar-refractivity contribution in [3.05, 3.63) is 28.6 Å². The van der Waals surface area contributed by atoms with Crippen molar-refractivity contribution in [3.63, 3.8) is 0 Å². The van der Waals surface area contributed by atoms with E-state index in [4.69, 9.17) is 16.3 Å². The molecule has 0 saturated carbocycles. The molecule has 0 N–H and O–H groups in total. The monoisotopic (exact) mass is 322 g/mol. The molecule has 0 aliphatic carbocycles. The first-order chi connectivity index (χ1) is 10.3. The van der Waals surface area contributed by atoms with Gasteiger partial charge >= 0.3 is 6.09 Å². The Morgan fingerprint density at radius 1 is 1.14 bits per heavy atom. The highest BCUT2D eigenvalue weighted by atomic mass is 35.5. The predicted molar refractivity (Wildman–Crippen MR) is 84.1 cm³/mol. The third kappa shape index (κ3) is 3.16. The Balaban J connectivity index is 1.59. The Labute approximate surface area is 134 Å². The number of anilines is 1. The number of hydrogen-bond acceptors (Lipinski definition) is 5. The van der Waals surface area contributed by atoms with Gasteiger partial charge in [-0.3, -0.25) is 0 Å². The van der Waals surface area contributed by atoms with Crippen molar-refractivity contribution in [2.75, 3.05) is 31.1 Å². The quantitative estimate of drug-likeness (QED) is 0.743. The van der Waals surface area contributed by atoms with Crippen LogP contribution in [0.1, 0.15) is 20.8 Å². The minimum atomic E-state index is -0.465. The molecule has 0 spiro atoms. The molecule has 0 aromatic carbocycles. The van der Waals surface area contributed by atoms with Crippen LogP contribution in [0.2, 0.25) is 5.02 Å². The van der Waals surface area contributed by atoms with Gasteiger partial charge in [0.05, 0.1) is 17.4 Å². The Morgan fingerprint density at radius 3 is 2.18 bits per heavy atom. The number of halogens is 1. The molecule has 22 heavy (non-hydrogen) atoms. The SMILES string of the molecule is CC(C)(C)OC(=O)N1CC2=C(C1)CN(c1ncc(Cl)cn1)C2. The smallest absolute Gasteiger partial charge is 0.410 e. The van der Waals surface area contributed by atoms with Gasteiger partial charge in [0, 0.05) is 26.2 Å². The van der Waals surface area contributed by atoms with Gasteiger partial charge in [0.15, 0.2) is 0 Å². The summed E-state index contributed by atoms with van der Waals surface area (Å²) in [6.07, 6.45) is 2.94. The van der Waals surface area contributed by atoms with Crippen molar-refractivity contribution in [1.29, 1.82) is 0 Å². The van der Waals surface area contributed by atoms with Crippen molar-refractivity contribution in [3.8, 4) is 0 Å². The molecule has 1 aromatic heterocycles. The first-order valence-corrected chi connectivity index (χ1v) is 7.60. The number of rotatable bonds is 1. The molecule has 3 rings (SSSR count). The summed E-state index contributed by atoms with van der Waals surface area (Å²) in [5.74, 6) is 0.669. The molecule has 1 amide bonds. The molecule has 0 unspecified atom stereocenters. The molecule has 1 aromatic rings. The van der Waals surface area contributed by atoms with Crippen LogP contribution >= 0.6 is 11.6 Å². The highest BCUT2D eigenvalue weighted by Gasteiger charge is 2.34. The van der Waals surface area contributed by atoms with Crippen LogP contribution in [0.25, 0.3) is 0 Å². The number of hydrogen-bond donors (Lipinski definition) is 0. The third-order valence-corrected chi connectivity index (χ3v) is 3.76. The van der Waals surface area contributed by atoms with E-state index >= 15 is 0 Å². The summed E-state index contributed by atoms with van der Waals surface area (Å²) >= 11 is 5.81. The van der Waals surface area contributed by atoms with Gasteiger partial charge in [0.2, 0.25) is 5.95 Å². The lowest BCUT2D eigenvalue weighted by atomic mass is 10.2. The fraction of sp³-hybridized carbons (Fsp3) is 0.533. The van der Waals surface area contributed by atoms with Crippen molar-refractivity contribution in [1.82, 2.24) is 14.9 Å². The second-order valence-electron chi connectivity index (χ2n) is 6.60. The number of carbonyl (C=O) groups is 1. The van der Waals surface area contributed by atoms with E-state index < -0.39 is 5.60 Å². The van der Waals surface area contributed by atoms with Crippen LogP contribution in [-0.2, 0) is 4.74 Å². The van der Waals surface area contributed by atoms with Crippen molar-refractivity contribution < 1.29 is 9.53 Å². The van der Waals surface area contributed by atoms with Gasteiger partial charge in [-0.25, -0.2) is 14.8 Å². The first kappa shape index (κ1) is 15.1. The lowest BCUT2D eigenvalue weighted by Crippen LogP contribution is -2.38. The molecule has 3 heterocycles. The third-order valence-electron chi connectivity index (χ3n) is 3.57. The van der Waals surface area contributed by atoms with Crippen LogP contribution in [0, 0.1) is 0 Å². The van der Waals surface area contributed by atoms with Gasteiger partial charge in [-0.1, -0.05) is 11.6 Å². The zero-order valence-corrected chi connectivity index (χ0v) is 13.7. The predicted octanol–water partition coefficient (Wildman–Crippen LogP) is 2.50. The lowest BCUT2D eigenvalue weighted by Gasteiger charge is -2.26. The Morgan fingerprint density at radius 2 is 1.68 bits per heavy atom. The maximum atomic E-state index is 12.1. The topological polar surface area (TPSA) is 58.6 Å². The zero-order valence-electron chi connectivity index (χ0n) is 13.0. The maximum Gasteiger partial charge on any atom is 0.410 e. The normalized spacial score (nSPS) is 18.0. The highest BCUT2D eigenvalue weighted by Crippen LogP contribution is 2.28. The molecule has 0 radical (unpaired) electrons. The fourth-order valence-electron chi connectivity index (χ4n) is 2.65. The van der Waals surface area contributed by atoms with E-state index in [2.05, 4.69) is 14.9 Å².